The highest BCUT2D eigenvalue weighted by Crippen LogP contribution is 2.19. The van der Waals surface area contributed by atoms with Gasteiger partial charge < -0.3 is 16.2 Å². The van der Waals surface area contributed by atoms with E-state index < -0.39 is 0 Å². The fourth-order valence-corrected chi connectivity index (χ4v) is 2.74. The van der Waals surface area contributed by atoms with Gasteiger partial charge in [0.15, 0.2) is 0 Å². The highest BCUT2D eigenvalue weighted by atomic mass is 32.1. The zero-order valence-electron chi connectivity index (χ0n) is 12.0. The maximum atomic E-state index is 11.3. The quantitative estimate of drug-likeness (QED) is 0.763. The Morgan fingerprint density at radius 3 is 2.86 bits per heavy atom. The largest absolute Gasteiger partial charge is 0.492 e. The lowest BCUT2D eigenvalue weighted by Crippen LogP contribution is -2.42. The molecule has 0 bridgehead atoms. The van der Waals surface area contributed by atoms with Gasteiger partial charge in [-0.15, -0.1) is 0 Å². The van der Waals surface area contributed by atoms with Gasteiger partial charge in [-0.25, -0.2) is 0 Å². The molecule has 0 aliphatic carbocycles. The topological polar surface area (TPSA) is 81.6 Å². The van der Waals surface area contributed by atoms with Crippen LogP contribution in [0.15, 0.2) is 24.3 Å². The van der Waals surface area contributed by atoms with Crippen molar-refractivity contribution in [2.45, 2.75) is 12.8 Å². The molecule has 1 unspecified atom stereocenters. The number of nitrogens with two attached hydrogens (primary N) is 2. The van der Waals surface area contributed by atoms with Crippen molar-refractivity contribution in [2.24, 2.45) is 17.4 Å². The third-order valence-electron chi connectivity index (χ3n) is 3.73. The Kier molecular flexibility index (Phi) is 5.52. The molecule has 0 saturated carbocycles. The van der Waals surface area contributed by atoms with E-state index in [4.69, 9.17) is 28.4 Å². The van der Waals surface area contributed by atoms with Crippen molar-refractivity contribution in [3.63, 3.8) is 0 Å². The van der Waals surface area contributed by atoms with Gasteiger partial charge >= 0.3 is 0 Å². The molecule has 1 saturated heterocycles. The number of benzene rings is 1. The number of para-hydroxylation sites is 1. The Labute approximate surface area is 130 Å². The minimum atomic E-state index is -0.209. The molecule has 1 fully saturated rings. The molecular weight excluding hydrogens is 286 g/mol. The monoisotopic (exact) mass is 307 g/mol. The van der Waals surface area contributed by atoms with E-state index in [-0.39, 0.29) is 11.8 Å². The molecule has 6 heteroatoms. The lowest BCUT2D eigenvalue weighted by molar-refractivity contribution is -0.123. The second-order valence-electron chi connectivity index (χ2n) is 5.25. The molecule has 1 aromatic rings. The number of carbonyl (C=O) groups is 1. The van der Waals surface area contributed by atoms with Crippen LogP contribution in [-0.2, 0) is 4.79 Å². The molecule has 1 atom stereocenters. The number of likely N-dealkylation sites (tertiary alicyclic amines) is 1. The van der Waals surface area contributed by atoms with Crippen molar-refractivity contribution >= 4 is 23.1 Å². The Hall–Kier alpha value is -1.66. The number of hydrogen-bond donors (Lipinski definition) is 2. The molecule has 2 rings (SSSR count). The summed E-state index contributed by atoms with van der Waals surface area (Å²) >= 11 is 5.01. The number of primary amides is 1. The highest BCUT2D eigenvalue weighted by molar-refractivity contribution is 7.80. The number of nitrogens with zero attached hydrogens (tertiary/aromatic N) is 1. The maximum Gasteiger partial charge on any atom is 0.221 e. The first-order valence-electron chi connectivity index (χ1n) is 7.11. The van der Waals surface area contributed by atoms with Crippen molar-refractivity contribution < 1.29 is 9.53 Å². The lowest BCUT2D eigenvalue weighted by Gasteiger charge is -2.30. The van der Waals surface area contributed by atoms with Gasteiger partial charge in [0.25, 0.3) is 0 Å². The summed E-state index contributed by atoms with van der Waals surface area (Å²) in [4.78, 5) is 13.8. The minimum Gasteiger partial charge on any atom is -0.492 e. The van der Waals surface area contributed by atoms with Gasteiger partial charge in [-0.1, -0.05) is 24.4 Å². The molecule has 0 radical (unpaired) electrons. The molecule has 1 aliphatic heterocycles. The third kappa shape index (κ3) is 4.41. The Balaban J connectivity index is 1.84. The van der Waals surface area contributed by atoms with Crippen molar-refractivity contribution in [3.8, 4) is 5.75 Å². The van der Waals surface area contributed by atoms with Gasteiger partial charge in [-0.3, -0.25) is 9.69 Å². The van der Waals surface area contributed by atoms with Gasteiger partial charge in [0.2, 0.25) is 5.91 Å². The van der Waals surface area contributed by atoms with Crippen LogP contribution in [0.1, 0.15) is 18.4 Å². The van der Waals surface area contributed by atoms with E-state index >= 15 is 0 Å². The van der Waals surface area contributed by atoms with Crippen LogP contribution in [0.25, 0.3) is 0 Å². The molecule has 1 amide bonds. The summed E-state index contributed by atoms with van der Waals surface area (Å²) in [7, 11) is 0. The Bertz CT molecular complexity index is 521. The molecule has 21 heavy (non-hydrogen) atoms. The number of thiocarbonyl (C=S) groups is 1. The number of hydrogen-bond acceptors (Lipinski definition) is 4. The van der Waals surface area contributed by atoms with Gasteiger partial charge in [0.1, 0.15) is 17.3 Å². The summed E-state index contributed by atoms with van der Waals surface area (Å²) in [5.74, 6) is 0.454. The van der Waals surface area contributed by atoms with Crippen LogP contribution in [0.4, 0.5) is 0 Å². The molecular formula is C15H21N3O2S. The molecule has 1 heterocycles. The van der Waals surface area contributed by atoms with Crippen LogP contribution in [0.3, 0.4) is 0 Å². The van der Waals surface area contributed by atoms with Crippen LogP contribution in [0.2, 0.25) is 0 Å². The van der Waals surface area contributed by atoms with E-state index in [0.29, 0.717) is 17.3 Å². The smallest absolute Gasteiger partial charge is 0.221 e. The first-order valence-corrected chi connectivity index (χ1v) is 7.52. The van der Waals surface area contributed by atoms with Crippen molar-refractivity contribution in [1.29, 1.82) is 0 Å². The van der Waals surface area contributed by atoms with Gasteiger partial charge in [-0.05, 0) is 31.5 Å². The number of amides is 1. The maximum absolute atomic E-state index is 11.3. The summed E-state index contributed by atoms with van der Waals surface area (Å²) in [6.07, 6.45) is 1.88. The van der Waals surface area contributed by atoms with E-state index in [0.717, 1.165) is 38.0 Å². The Morgan fingerprint density at radius 1 is 1.38 bits per heavy atom. The molecule has 0 spiro atoms. The van der Waals surface area contributed by atoms with E-state index in [1.807, 2.05) is 24.3 Å². The van der Waals surface area contributed by atoms with Crippen LogP contribution in [-0.4, -0.2) is 42.0 Å². The van der Waals surface area contributed by atoms with Crippen LogP contribution >= 0.6 is 12.2 Å². The predicted octanol–water partition coefficient (Wildman–Crippen LogP) is 0.897. The second-order valence-corrected chi connectivity index (χ2v) is 5.69. The van der Waals surface area contributed by atoms with Gasteiger partial charge in [0, 0.05) is 13.1 Å². The summed E-state index contributed by atoms with van der Waals surface area (Å²) in [5.41, 5.74) is 11.8. The van der Waals surface area contributed by atoms with E-state index in [1.54, 1.807) is 0 Å². The van der Waals surface area contributed by atoms with E-state index in [2.05, 4.69) is 4.90 Å². The summed E-state index contributed by atoms with van der Waals surface area (Å²) in [6.45, 7) is 2.99. The number of ether oxygens (including phenoxy) is 1. The highest BCUT2D eigenvalue weighted by Gasteiger charge is 2.23. The van der Waals surface area contributed by atoms with Crippen LogP contribution in [0, 0.1) is 5.92 Å². The zero-order chi connectivity index (χ0) is 15.2. The summed E-state index contributed by atoms with van der Waals surface area (Å²) in [5, 5.41) is 0. The van der Waals surface area contributed by atoms with Crippen LogP contribution < -0.4 is 16.2 Å². The molecule has 114 valence electrons. The normalized spacial score (nSPS) is 19.1. The van der Waals surface area contributed by atoms with E-state index in [1.165, 1.54) is 0 Å². The van der Waals surface area contributed by atoms with E-state index in [9.17, 15) is 4.79 Å². The van der Waals surface area contributed by atoms with Gasteiger partial charge in [-0.2, -0.15) is 0 Å². The molecule has 0 aromatic heterocycles. The molecule has 5 nitrogen and oxygen atoms in total. The van der Waals surface area contributed by atoms with Crippen molar-refractivity contribution in [2.75, 3.05) is 26.2 Å². The summed E-state index contributed by atoms with van der Waals surface area (Å²) < 4.78 is 5.77. The number of carbonyl (C=O) groups excluding carboxylic acids is 1. The first kappa shape index (κ1) is 15.7. The average molecular weight is 307 g/mol. The molecule has 1 aromatic carbocycles. The number of piperidine rings is 1. The SMILES string of the molecule is NC(=O)C1CCCN(CCOc2ccccc2C(N)=S)C1. The van der Waals surface area contributed by atoms with Crippen LogP contribution in [0.5, 0.6) is 5.75 Å². The minimum absolute atomic E-state index is 0.0392. The molecule has 1 aliphatic rings. The van der Waals surface area contributed by atoms with Gasteiger partial charge in [0.05, 0.1) is 11.5 Å². The molecule has 4 N–H and O–H groups in total. The average Bonchev–Trinajstić information content (AvgIpc) is 2.48. The number of rotatable bonds is 6. The standard InChI is InChI=1S/C15H21N3O2S/c16-14(19)11-4-3-7-18(10-11)8-9-20-13-6-2-1-5-12(13)15(17)21/h1-2,5-6,11H,3-4,7-10H2,(H2,16,19)(H2,17,21). The second kappa shape index (κ2) is 7.38. The lowest BCUT2D eigenvalue weighted by atomic mass is 9.98. The Morgan fingerprint density at radius 2 is 2.14 bits per heavy atom. The zero-order valence-corrected chi connectivity index (χ0v) is 12.8. The fraction of sp³-hybridized carbons (Fsp3) is 0.467. The summed E-state index contributed by atoms with van der Waals surface area (Å²) in [6, 6.07) is 7.48. The fourth-order valence-electron chi connectivity index (χ4n) is 2.57. The third-order valence-corrected chi connectivity index (χ3v) is 3.95. The predicted molar refractivity (Wildman–Crippen MR) is 86.2 cm³/mol. The van der Waals surface area contributed by atoms with Crippen molar-refractivity contribution in [3.05, 3.63) is 29.8 Å². The van der Waals surface area contributed by atoms with Crippen molar-refractivity contribution in [1.82, 2.24) is 4.90 Å². The first-order chi connectivity index (χ1) is 10.1.